The quantitative estimate of drug-likeness (QED) is 0.795. The monoisotopic (exact) mass is 398 g/mol. The zero-order chi connectivity index (χ0) is 17.9. The minimum atomic E-state index is -3.68. The molecule has 1 aliphatic rings. The highest BCUT2D eigenvalue weighted by Gasteiger charge is 2.18. The Balaban J connectivity index is 1.59. The molecule has 0 bridgehead atoms. The van der Waals surface area contributed by atoms with Crippen LogP contribution in [0.3, 0.4) is 0 Å². The SMILES string of the molecule is O=S(=O)(NCCc1ccc(N2CCCC2)cc1)c1cc(Cl)ccc1Cl. The number of benzene rings is 2. The van der Waals surface area contributed by atoms with Crippen molar-refractivity contribution >= 4 is 38.9 Å². The van der Waals surface area contributed by atoms with Gasteiger partial charge in [0, 0.05) is 30.3 Å². The third kappa shape index (κ3) is 4.67. The second-order valence-electron chi connectivity index (χ2n) is 6.08. The third-order valence-electron chi connectivity index (χ3n) is 4.30. The van der Waals surface area contributed by atoms with Gasteiger partial charge in [0.2, 0.25) is 10.0 Å². The fourth-order valence-electron chi connectivity index (χ4n) is 2.94. The van der Waals surface area contributed by atoms with Crippen LogP contribution in [0.1, 0.15) is 18.4 Å². The first-order chi connectivity index (χ1) is 12.0. The molecule has 2 aromatic carbocycles. The highest BCUT2D eigenvalue weighted by atomic mass is 35.5. The van der Waals surface area contributed by atoms with Gasteiger partial charge < -0.3 is 4.90 Å². The first kappa shape index (κ1) is 18.5. The lowest BCUT2D eigenvalue weighted by atomic mass is 10.1. The van der Waals surface area contributed by atoms with Crippen LogP contribution in [0, 0.1) is 0 Å². The van der Waals surface area contributed by atoms with Crippen LogP contribution in [0.5, 0.6) is 0 Å². The van der Waals surface area contributed by atoms with E-state index in [4.69, 9.17) is 23.2 Å². The Morgan fingerprint density at radius 2 is 1.68 bits per heavy atom. The zero-order valence-corrected chi connectivity index (χ0v) is 16.0. The summed E-state index contributed by atoms with van der Waals surface area (Å²) in [5, 5.41) is 0.495. The zero-order valence-electron chi connectivity index (χ0n) is 13.7. The predicted octanol–water partition coefficient (Wildman–Crippen LogP) is 4.11. The third-order valence-corrected chi connectivity index (χ3v) is 6.47. The van der Waals surface area contributed by atoms with E-state index >= 15 is 0 Å². The molecule has 0 aliphatic carbocycles. The Morgan fingerprint density at radius 1 is 1.00 bits per heavy atom. The number of nitrogens with zero attached hydrogens (tertiary/aromatic N) is 1. The molecule has 134 valence electrons. The Labute approximate surface area is 158 Å². The van der Waals surface area contributed by atoms with Crippen molar-refractivity contribution in [3.8, 4) is 0 Å². The summed E-state index contributed by atoms with van der Waals surface area (Å²) in [6.07, 6.45) is 3.10. The summed E-state index contributed by atoms with van der Waals surface area (Å²) in [4.78, 5) is 2.37. The lowest BCUT2D eigenvalue weighted by molar-refractivity contribution is 0.581. The molecule has 1 saturated heterocycles. The average molecular weight is 399 g/mol. The number of hydrogen-bond donors (Lipinski definition) is 1. The van der Waals surface area contributed by atoms with Crippen molar-refractivity contribution in [1.82, 2.24) is 4.72 Å². The summed E-state index contributed by atoms with van der Waals surface area (Å²) in [5.41, 5.74) is 2.32. The molecule has 1 N–H and O–H groups in total. The standard InChI is InChI=1S/C18H20Cl2N2O2S/c19-15-5-8-17(20)18(13-15)25(23,24)21-10-9-14-3-6-16(7-4-14)22-11-1-2-12-22/h3-8,13,21H,1-2,9-12H2. The summed E-state index contributed by atoms with van der Waals surface area (Å²) >= 11 is 11.8. The van der Waals surface area contributed by atoms with Gasteiger partial charge in [-0.25, -0.2) is 13.1 Å². The molecule has 0 saturated carbocycles. The highest BCUT2D eigenvalue weighted by Crippen LogP contribution is 2.25. The van der Waals surface area contributed by atoms with E-state index in [2.05, 4.69) is 21.8 Å². The van der Waals surface area contributed by atoms with Crippen molar-refractivity contribution in [1.29, 1.82) is 0 Å². The van der Waals surface area contributed by atoms with Gasteiger partial charge in [-0.15, -0.1) is 0 Å². The van der Waals surface area contributed by atoms with Crippen molar-refractivity contribution in [2.45, 2.75) is 24.2 Å². The van der Waals surface area contributed by atoms with E-state index in [1.165, 1.54) is 30.7 Å². The maximum Gasteiger partial charge on any atom is 0.242 e. The predicted molar refractivity (Wildman–Crippen MR) is 103 cm³/mol. The smallest absolute Gasteiger partial charge is 0.242 e. The molecule has 0 unspecified atom stereocenters. The molecular weight excluding hydrogens is 379 g/mol. The molecule has 1 fully saturated rings. The van der Waals surface area contributed by atoms with E-state index < -0.39 is 10.0 Å². The molecule has 0 spiro atoms. The summed E-state index contributed by atoms with van der Waals surface area (Å²) in [7, 11) is -3.68. The molecule has 2 aromatic rings. The maximum atomic E-state index is 12.4. The highest BCUT2D eigenvalue weighted by molar-refractivity contribution is 7.89. The van der Waals surface area contributed by atoms with Gasteiger partial charge in [0.1, 0.15) is 4.90 Å². The van der Waals surface area contributed by atoms with E-state index in [0.717, 1.165) is 18.7 Å². The van der Waals surface area contributed by atoms with Gasteiger partial charge in [-0.05, 0) is 55.2 Å². The molecule has 0 amide bonds. The lowest BCUT2D eigenvalue weighted by Crippen LogP contribution is -2.26. The fraction of sp³-hybridized carbons (Fsp3) is 0.333. The topological polar surface area (TPSA) is 49.4 Å². The Morgan fingerprint density at radius 3 is 2.36 bits per heavy atom. The molecule has 4 nitrogen and oxygen atoms in total. The summed E-state index contributed by atoms with van der Waals surface area (Å²) in [6, 6.07) is 12.7. The molecule has 3 rings (SSSR count). The normalized spacial score (nSPS) is 14.9. The van der Waals surface area contributed by atoms with Crippen LogP contribution in [0.25, 0.3) is 0 Å². The number of hydrogen-bond acceptors (Lipinski definition) is 3. The molecule has 1 aliphatic heterocycles. The molecule has 7 heteroatoms. The van der Waals surface area contributed by atoms with Gasteiger partial charge >= 0.3 is 0 Å². The van der Waals surface area contributed by atoms with Crippen molar-refractivity contribution in [2.24, 2.45) is 0 Å². The molecule has 0 radical (unpaired) electrons. The number of halogens is 2. The van der Waals surface area contributed by atoms with E-state index in [1.807, 2.05) is 12.1 Å². The van der Waals surface area contributed by atoms with Crippen LogP contribution in [0.4, 0.5) is 5.69 Å². The van der Waals surface area contributed by atoms with Gasteiger partial charge in [0.25, 0.3) is 0 Å². The van der Waals surface area contributed by atoms with Gasteiger partial charge in [-0.1, -0.05) is 35.3 Å². The Bertz CT molecular complexity index is 833. The van der Waals surface area contributed by atoms with E-state index in [-0.39, 0.29) is 9.92 Å². The maximum absolute atomic E-state index is 12.4. The second-order valence-corrected chi connectivity index (χ2v) is 8.66. The summed E-state index contributed by atoms with van der Waals surface area (Å²) in [5.74, 6) is 0. The number of rotatable bonds is 6. The van der Waals surface area contributed by atoms with E-state index in [0.29, 0.717) is 18.0 Å². The van der Waals surface area contributed by atoms with Crippen LogP contribution in [0.2, 0.25) is 10.0 Å². The largest absolute Gasteiger partial charge is 0.372 e. The van der Waals surface area contributed by atoms with Crippen LogP contribution in [-0.2, 0) is 16.4 Å². The van der Waals surface area contributed by atoms with Crippen LogP contribution < -0.4 is 9.62 Å². The van der Waals surface area contributed by atoms with Gasteiger partial charge in [0.05, 0.1) is 5.02 Å². The Kier molecular flexibility index (Phi) is 5.89. The van der Waals surface area contributed by atoms with Crippen LogP contribution in [0.15, 0.2) is 47.4 Å². The number of anilines is 1. The van der Waals surface area contributed by atoms with E-state index in [9.17, 15) is 8.42 Å². The van der Waals surface area contributed by atoms with Crippen molar-refractivity contribution in [2.75, 3.05) is 24.5 Å². The van der Waals surface area contributed by atoms with Crippen molar-refractivity contribution in [3.63, 3.8) is 0 Å². The van der Waals surface area contributed by atoms with Gasteiger partial charge in [0.15, 0.2) is 0 Å². The van der Waals surface area contributed by atoms with Crippen LogP contribution in [-0.4, -0.2) is 28.1 Å². The summed E-state index contributed by atoms with van der Waals surface area (Å²) in [6.45, 7) is 2.52. The average Bonchev–Trinajstić information content (AvgIpc) is 3.12. The molecule has 1 heterocycles. The fourth-order valence-corrected chi connectivity index (χ4v) is 4.73. The first-order valence-electron chi connectivity index (χ1n) is 8.24. The van der Waals surface area contributed by atoms with E-state index in [1.54, 1.807) is 6.07 Å². The first-order valence-corrected chi connectivity index (χ1v) is 10.5. The minimum absolute atomic E-state index is 0.00560. The molecule has 0 aromatic heterocycles. The number of nitrogens with one attached hydrogen (secondary N) is 1. The van der Waals surface area contributed by atoms with Crippen molar-refractivity contribution in [3.05, 3.63) is 58.1 Å². The molecule has 0 atom stereocenters. The second kappa shape index (κ2) is 7.96. The number of sulfonamides is 1. The van der Waals surface area contributed by atoms with Crippen molar-refractivity contribution < 1.29 is 8.42 Å². The van der Waals surface area contributed by atoms with Gasteiger partial charge in [-0.2, -0.15) is 0 Å². The molecular formula is C18H20Cl2N2O2S. The van der Waals surface area contributed by atoms with Gasteiger partial charge in [-0.3, -0.25) is 0 Å². The summed E-state index contributed by atoms with van der Waals surface area (Å²) < 4.78 is 27.3. The lowest BCUT2D eigenvalue weighted by Gasteiger charge is -2.17. The molecule has 25 heavy (non-hydrogen) atoms. The Hall–Kier alpha value is -1.27. The van der Waals surface area contributed by atoms with Crippen LogP contribution >= 0.6 is 23.2 Å². The minimum Gasteiger partial charge on any atom is -0.372 e.